The highest BCUT2D eigenvalue weighted by Gasteiger charge is 2.17. The number of hydrogen-bond acceptors (Lipinski definition) is 4. The van der Waals surface area contributed by atoms with Gasteiger partial charge in [-0.2, -0.15) is 0 Å². The molecular formula is C6H12ClO3PS. The van der Waals surface area contributed by atoms with Crippen LogP contribution in [0, 0.1) is 0 Å². The molecule has 0 aromatic heterocycles. The highest BCUT2D eigenvalue weighted by molar-refractivity contribution is 8.04. The summed E-state index contributed by atoms with van der Waals surface area (Å²) in [6.07, 6.45) is 0. The average Bonchev–Trinajstić information content (AvgIpc) is 2.05. The van der Waals surface area contributed by atoms with E-state index in [2.05, 4.69) is 9.05 Å². The van der Waals surface area contributed by atoms with Gasteiger partial charge in [0.1, 0.15) is 0 Å². The molecule has 72 valence electrons. The first-order chi connectivity index (χ1) is 5.58. The van der Waals surface area contributed by atoms with Crippen molar-refractivity contribution in [1.82, 2.24) is 0 Å². The molecule has 0 aromatic carbocycles. The quantitative estimate of drug-likeness (QED) is 0.679. The lowest BCUT2D eigenvalue weighted by molar-refractivity contribution is 0.286. The molecule has 12 heavy (non-hydrogen) atoms. The Morgan fingerprint density at radius 1 is 1.58 bits per heavy atom. The predicted octanol–water partition coefficient (Wildman–Crippen LogP) is 3.26. The van der Waals surface area contributed by atoms with Crippen LogP contribution in [-0.4, -0.2) is 20.0 Å². The van der Waals surface area contributed by atoms with Gasteiger partial charge in [-0.25, -0.2) is 0 Å². The molecule has 0 aliphatic heterocycles. The molecule has 0 fully saturated rings. The second-order valence-electron chi connectivity index (χ2n) is 1.77. The van der Waals surface area contributed by atoms with E-state index in [-0.39, 0.29) is 0 Å². The maximum Gasteiger partial charge on any atom is 0.355 e. The third kappa shape index (κ3) is 4.53. The van der Waals surface area contributed by atoms with E-state index in [1.54, 1.807) is 0 Å². The summed E-state index contributed by atoms with van der Waals surface area (Å²) in [4.78, 5) is 0. The van der Waals surface area contributed by atoms with Crippen LogP contribution in [0.4, 0.5) is 0 Å². The lowest BCUT2D eigenvalue weighted by atomic mass is 11.0. The van der Waals surface area contributed by atoms with E-state index in [0.29, 0.717) is 4.36 Å². The summed E-state index contributed by atoms with van der Waals surface area (Å²) in [5.74, 6) is 2.13. The van der Waals surface area contributed by atoms with Gasteiger partial charge in [0.05, 0.1) is 10.2 Å². The second kappa shape index (κ2) is 6.06. The Hall–Kier alpha value is 0.530. The minimum absolute atomic E-state index is 0.435. The summed E-state index contributed by atoms with van der Waals surface area (Å²) in [6.45, 7) is 1.95. The van der Waals surface area contributed by atoms with Crippen LogP contribution in [0.15, 0.2) is 10.2 Å². The fourth-order valence-corrected chi connectivity index (χ4v) is 2.74. The van der Waals surface area contributed by atoms with Crippen LogP contribution in [0.3, 0.4) is 0 Å². The first-order valence-corrected chi connectivity index (χ1v) is 6.28. The monoisotopic (exact) mass is 230 g/mol. The first kappa shape index (κ1) is 12.5. The molecule has 0 bridgehead atoms. The minimum atomic E-state index is -3.08. The zero-order valence-electron chi connectivity index (χ0n) is 7.24. The predicted molar refractivity (Wildman–Crippen MR) is 53.7 cm³/mol. The molecule has 0 aromatic rings. The fourth-order valence-electron chi connectivity index (χ4n) is 0.479. The van der Waals surface area contributed by atoms with Crippen molar-refractivity contribution in [3.63, 3.8) is 0 Å². The normalized spacial score (nSPS) is 13.5. The maximum atomic E-state index is 11.4. The van der Waals surface area contributed by atoms with Crippen LogP contribution in [0.5, 0.6) is 0 Å². The Morgan fingerprint density at radius 2 is 2.08 bits per heavy atom. The molecule has 0 saturated carbocycles. The molecule has 0 unspecified atom stereocenters. The molecule has 0 radical (unpaired) electrons. The van der Waals surface area contributed by atoms with Gasteiger partial charge in [0, 0.05) is 14.2 Å². The van der Waals surface area contributed by atoms with E-state index in [4.69, 9.17) is 11.6 Å². The SMILES string of the molecule is CCSC(Cl)=CP(=O)(OC)OC. The van der Waals surface area contributed by atoms with Crippen LogP contribution in [-0.2, 0) is 13.6 Å². The van der Waals surface area contributed by atoms with E-state index < -0.39 is 7.60 Å². The molecule has 0 atom stereocenters. The largest absolute Gasteiger partial charge is 0.355 e. The highest BCUT2D eigenvalue weighted by Crippen LogP contribution is 2.50. The van der Waals surface area contributed by atoms with Crippen molar-refractivity contribution in [2.24, 2.45) is 0 Å². The molecule has 0 aliphatic rings. The van der Waals surface area contributed by atoms with E-state index >= 15 is 0 Å². The number of hydrogen-bond donors (Lipinski definition) is 0. The van der Waals surface area contributed by atoms with E-state index in [1.807, 2.05) is 6.92 Å². The Labute approximate surface area is 82.0 Å². The Bertz CT molecular complexity index is 199. The lowest BCUT2D eigenvalue weighted by Crippen LogP contribution is -1.84. The smallest absolute Gasteiger partial charge is 0.309 e. The minimum Gasteiger partial charge on any atom is -0.309 e. The Kier molecular flexibility index (Phi) is 6.32. The maximum absolute atomic E-state index is 11.4. The van der Waals surface area contributed by atoms with Crippen molar-refractivity contribution in [2.45, 2.75) is 6.92 Å². The van der Waals surface area contributed by atoms with Gasteiger partial charge in [-0.3, -0.25) is 4.57 Å². The van der Waals surface area contributed by atoms with Gasteiger partial charge in [-0.05, 0) is 5.75 Å². The van der Waals surface area contributed by atoms with Gasteiger partial charge in [0.2, 0.25) is 0 Å². The van der Waals surface area contributed by atoms with Crippen molar-refractivity contribution >= 4 is 31.0 Å². The van der Waals surface area contributed by atoms with Crippen molar-refractivity contribution in [1.29, 1.82) is 0 Å². The highest BCUT2D eigenvalue weighted by atomic mass is 35.5. The fraction of sp³-hybridized carbons (Fsp3) is 0.667. The van der Waals surface area contributed by atoms with Crippen molar-refractivity contribution in [3.8, 4) is 0 Å². The third-order valence-electron chi connectivity index (χ3n) is 1.05. The van der Waals surface area contributed by atoms with Crippen LogP contribution in [0.1, 0.15) is 6.92 Å². The number of thioether (sulfide) groups is 1. The summed E-state index contributed by atoms with van der Waals surface area (Å²) in [7, 11) is -0.440. The standard InChI is InChI=1S/C6H12ClO3PS/c1-4-12-6(7)5-11(8,9-2)10-3/h5H,4H2,1-3H3. The molecule has 0 heterocycles. The molecule has 0 spiro atoms. The molecule has 0 aliphatic carbocycles. The van der Waals surface area contributed by atoms with Crippen molar-refractivity contribution < 1.29 is 13.6 Å². The summed E-state index contributed by atoms with van der Waals surface area (Å²) in [5, 5.41) is 0. The number of rotatable bonds is 5. The van der Waals surface area contributed by atoms with Gasteiger partial charge < -0.3 is 9.05 Å². The summed E-state index contributed by atoms with van der Waals surface area (Å²) in [5.41, 5.74) is 0. The first-order valence-electron chi connectivity index (χ1n) is 3.30. The van der Waals surface area contributed by atoms with Gasteiger partial charge in [-0.1, -0.05) is 18.5 Å². The average molecular weight is 231 g/mol. The van der Waals surface area contributed by atoms with Crippen LogP contribution < -0.4 is 0 Å². The van der Waals surface area contributed by atoms with E-state index in [0.717, 1.165) is 5.75 Å². The van der Waals surface area contributed by atoms with E-state index in [1.165, 1.54) is 31.8 Å². The van der Waals surface area contributed by atoms with E-state index in [9.17, 15) is 4.57 Å². The van der Waals surface area contributed by atoms with Crippen molar-refractivity contribution in [3.05, 3.63) is 10.2 Å². The van der Waals surface area contributed by atoms with Crippen LogP contribution in [0.25, 0.3) is 0 Å². The van der Waals surface area contributed by atoms with Gasteiger partial charge in [0.25, 0.3) is 0 Å². The molecule has 0 N–H and O–H groups in total. The topological polar surface area (TPSA) is 35.5 Å². The zero-order valence-corrected chi connectivity index (χ0v) is 9.71. The van der Waals surface area contributed by atoms with Crippen LogP contribution >= 0.6 is 31.0 Å². The third-order valence-corrected chi connectivity index (χ3v) is 4.09. The molecule has 0 saturated heterocycles. The Morgan fingerprint density at radius 3 is 2.42 bits per heavy atom. The Balaban J connectivity index is 4.36. The zero-order chi connectivity index (χ0) is 9.61. The lowest BCUT2D eigenvalue weighted by Gasteiger charge is -2.08. The molecule has 0 rings (SSSR count). The molecular weight excluding hydrogens is 219 g/mol. The van der Waals surface area contributed by atoms with Gasteiger partial charge in [-0.15, -0.1) is 11.8 Å². The van der Waals surface area contributed by atoms with Gasteiger partial charge in [0.15, 0.2) is 0 Å². The molecule has 0 amide bonds. The van der Waals surface area contributed by atoms with Gasteiger partial charge >= 0.3 is 7.60 Å². The van der Waals surface area contributed by atoms with Crippen molar-refractivity contribution in [2.75, 3.05) is 20.0 Å². The number of halogens is 1. The second-order valence-corrected chi connectivity index (χ2v) is 5.78. The molecule has 3 nitrogen and oxygen atoms in total. The van der Waals surface area contributed by atoms with Crippen LogP contribution in [0.2, 0.25) is 0 Å². The molecule has 6 heteroatoms. The summed E-state index contributed by atoms with van der Waals surface area (Å²) in [6, 6.07) is 0. The summed E-state index contributed by atoms with van der Waals surface area (Å²) < 4.78 is 21.2. The summed E-state index contributed by atoms with van der Waals surface area (Å²) >= 11 is 7.10.